The van der Waals surface area contributed by atoms with E-state index in [2.05, 4.69) is 22.2 Å². The quantitative estimate of drug-likeness (QED) is 0.774. The van der Waals surface area contributed by atoms with Gasteiger partial charge in [0, 0.05) is 5.56 Å². The van der Waals surface area contributed by atoms with E-state index in [1.54, 1.807) is 12.5 Å². The molecule has 2 N–H and O–H groups in total. The number of nitrogens with one attached hydrogen (secondary N) is 2. The SMILES string of the molecule is CCNCc1ncc(-c2ccoc2)[nH]1. The minimum Gasteiger partial charge on any atom is -0.472 e. The van der Waals surface area contributed by atoms with Crippen molar-refractivity contribution in [1.82, 2.24) is 15.3 Å². The van der Waals surface area contributed by atoms with Crippen molar-refractivity contribution < 1.29 is 4.42 Å². The van der Waals surface area contributed by atoms with Crippen LogP contribution in [0.4, 0.5) is 0 Å². The zero-order valence-electron chi connectivity index (χ0n) is 8.08. The van der Waals surface area contributed by atoms with E-state index in [0.717, 1.165) is 30.2 Å². The van der Waals surface area contributed by atoms with E-state index in [-0.39, 0.29) is 0 Å². The van der Waals surface area contributed by atoms with Crippen LogP contribution in [0.15, 0.2) is 29.2 Å². The van der Waals surface area contributed by atoms with E-state index in [4.69, 9.17) is 4.42 Å². The van der Waals surface area contributed by atoms with Gasteiger partial charge < -0.3 is 14.7 Å². The summed E-state index contributed by atoms with van der Waals surface area (Å²) >= 11 is 0. The van der Waals surface area contributed by atoms with Gasteiger partial charge in [0.05, 0.1) is 31.0 Å². The van der Waals surface area contributed by atoms with Crippen LogP contribution in [0, 0.1) is 0 Å². The first-order chi connectivity index (χ1) is 6.90. The van der Waals surface area contributed by atoms with Crippen molar-refractivity contribution in [2.45, 2.75) is 13.5 Å². The Morgan fingerprint density at radius 3 is 3.21 bits per heavy atom. The van der Waals surface area contributed by atoms with Gasteiger partial charge in [-0.3, -0.25) is 0 Å². The molecule has 0 aromatic carbocycles. The third kappa shape index (κ3) is 1.85. The number of hydrogen-bond acceptors (Lipinski definition) is 3. The molecule has 0 atom stereocenters. The van der Waals surface area contributed by atoms with E-state index in [9.17, 15) is 0 Å². The maximum Gasteiger partial charge on any atom is 0.120 e. The number of aromatic amines is 1. The minimum atomic E-state index is 0.772. The molecule has 4 heteroatoms. The number of furan rings is 1. The van der Waals surface area contributed by atoms with Crippen LogP contribution in [0.2, 0.25) is 0 Å². The highest BCUT2D eigenvalue weighted by atomic mass is 16.3. The highest BCUT2D eigenvalue weighted by Crippen LogP contribution is 2.16. The molecule has 2 aromatic heterocycles. The highest BCUT2D eigenvalue weighted by Gasteiger charge is 2.03. The first kappa shape index (κ1) is 9.02. The molecule has 0 saturated carbocycles. The van der Waals surface area contributed by atoms with Gasteiger partial charge in [-0.25, -0.2) is 4.98 Å². The number of H-pyrrole nitrogens is 1. The Morgan fingerprint density at radius 2 is 2.50 bits per heavy atom. The molecular weight excluding hydrogens is 178 g/mol. The third-order valence-electron chi connectivity index (χ3n) is 2.00. The first-order valence-corrected chi connectivity index (χ1v) is 4.67. The molecule has 0 aliphatic carbocycles. The van der Waals surface area contributed by atoms with Crippen LogP contribution in [0.1, 0.15) is 12.7 Å². The fourth-order valence-electron chi connectivity index (χ4n) is 1.26. The molecule has 0 amide bonds. The molecule has 0 aliphatic rings. The van der Waals surface area contributed by atoms with Crippen LogP contribution in [0.3, 0.4) is 0 Å². The predicted molar refractivity (Wildman–Crippen MR) is 53.7 cm³/mol. The molecular formula is C10H13N3O. The normalized spacial score (nSPS) is 10.6. The number of imidazole rings is 1. The van der Waals surface area contributed by atoms with E-state index in [0.29, 0.717) is 0 Å². The molecule has 74 valence electrons. The summed E-state index contributed by atoms with van der Waals surface area (Å²) < 4.78 is 5.00. The smallest absolute Gasteiger partial charge is 0.120 e. The molecule has 2 rings (SSSR count). The summed E-state index contributed by atoms with van der Waals surface area (Å²) in [5.74, 6) is 0.947. The molecule has 4 nitrogen and oxygen atoms in total. The second-order valence-electron chi connectivity index (χ2n) is 3.04. The standard InChI is InChI=1S/C10H13N3O/c1-2-11-6-10-12-5-9(13-10)8-3-4-14-7-8/h3-5,7,11H,2,6H2,1H3,(H,12,13). The van der Waals surface area contributed by atoms with E-state index < -0.39 is 0 Å². The minimum absolute atomic E-state index is 0.772. The Kier molecular flexibility index (Phi) is 2.65. The van der Waals surface area contributed by atoms with Crippen LogP contribution in [-0.2, 0) is 6.54 Å². The highest BCUT2D eigenvalue weighted by molar-refractivity contribution is 5.56. The van der Waals surface area contributed by atoms with E-state index in [1.807, 2.05) is 12.3 Å². The molecule has 2 aromatic rings. The molecule has 0 aliphatic heterocycles. The zero-order valence-corrected chi connectivity index (χ0v) is 8.08. The van der Waals surface area contributed by atoms with Crippen LogP contribution in [-0.4, -0.2) is 16.5 Å². The van der Waals surface area contributed by atoms with Gasteiger partial charge in [-0.15, -0.1) is 0 Å². The maximum atomic E-state index is 5.00. The van der Waals surface area contributed by atoms with Crippen molar-refractivity contribution >= 4 is 0 Å². The van der Waals surface area contributed by atoms with Crippen LogP contribution >= 0.6 is 0 Å². The largest absolute Gasteiger partial charge is 0.472 e. The lowest BCUT2D eigenvalue weighted by Gasteiger charge is -1.95. The Labute approximate surface area is 82.4 Å². The number of hydrogen-bond donors (Lipinski definition) is 2. The fraction of sp³-hybridized carbons (Fsp3) is 0.300. The summed E-state index contributed by atoms with van der Waals surface area (Å²) in [5, 5.41) is 3.21. The molecule has 0 spiro atoms. The Hall–Kier alpha value is -1.55. The van der Waals surface area contributed by atoms with Crippen molar-refractivity contribution in [2.75, 3.05) is 6.54 Å². The molecule has 0 bridgehead atoms. The molecule has 0 radical (unpaired) electrons. The van der Waals surface area contributed by atoms with Gasteiger partial charge in [-0.05, 0) is 12.6 Å². The fourth-order valence-corrected chi connectivity index (χ4v) is 1.26. The Balaban J connectivity index is 2.10. The van der Waals surface area contributed by atoms with Crippen LogP contribution in [0.25, 0.3) is 11.3 Å². The van der Waals surface area contributed by atoms with Crippen LogP contribution < -0.4 is 5.32 Å². The maximum absolute atomic E-state index is 5.00. The summed E-state index contributed by atoms with van der Waals surface area (Å²) in [6, 6.07) is 1.91. The van der Waals surface area contributed by atoms with Gasteiger partial charge in [0.15, 0.2) is 0 Å². The van der Waals surface area contributed by atoms with Gasteiger partial charge in [0.25, 0.3) is 0 Å². The molecule has 2 heterocycles. The predicted octanol–water partition coefficient (Wildman–Crippen LogP) is 1.78. The zero-order chi connectivity index (χ0) is 9.80. The van der Waals surface area contributed by atoms with E-state index in [1.165, 1.54) is 0 Å². The average Bonchev–Trinajstić information content (AvgIpc) is 2.85. The van der Waals surface area contributed by atoms with Crippen molar-refractivity contribution in [3.8, 4) is 11.3 Å². The number of aromatic nitrogens is 2. The Morgan fingerprint density at radius 1 is 1.57 bits per heavy atom. The average molecular weight is 191 g/mol. The third-order valence-corrected chi connectivity index (χ3v) is 2.00. The summed E-state index contributed by atoms with van der Waals surface area (Å²) in [5.41, 5.74) is 2.02. The number of rotatable bonds is 4. The summed E-state index contributed by atoms with van der Waals surface area (Å²) in [4.78, 5) is 7.47. The molecule has 0 saturated heterocycles. The van der Waals surface area contributed by atoms with Crippen LogP contribution in [0.5, 0.6) is 0 Å². The second-order valence-corrected chi connectivity index (χ2v) is 3.04. The lowest BCUT2D eigenvalue weighted by Crippen LogP contribution is -2.12. The summed E-state index contributed by atoms with van der Waals surface area (Å²) in [6.45, 7) is 3.79. The van der Waals surface area contributed by atoms with Crippen molar-refractivity contribution in [3.63, 3.8) is 0 Å². The van der Waals surface area contributed by atoms with Crippen molar-refractivity contribution in [2.24, 2.45) is 0 Å². The summed E-state index contributed by atoms with van der Waals surface area (Å²) in [7, 11) is 0. The Bertz CT molecular complexity index is 378. The number of nitrogens with zero attached hydrogens (tertiary/aromatic N) is 1. The topological polar surface area (TPSA) is 53.9 Å². The van der Waals surface area contributed by atoms with E-state index >= 15 is 0 Å². The van der Waals surface area contributed by atoms with Gasteiger partial charge >= 0.3 is 0 Å². The second kappa shape index (κ2) is 4.11. The molecule has 0 unspecified atom stereocenters. The monoisotopic (exact) mass is 191 g/mol. The first-order valence-electron chi connectivity index (χ1n) is 4.67. The van der Waals surface area contributed by atoms with Gasteiger partial charge in [0.2, 0.25) is 0 Å². The summed E-state index contributed by atoms with van der Waals surface area (Å²) in [6.07, 6.45) is 5.17. The molecule has 14 heavy (non-hydrogen) atoms. The van der Waals surface area contributed by atoms with Gasteiger partial charge in [-0.1, -0.05) is 6.92 Å². The van der Waals surface area contributed by atoms with Gasteiger partial charge in [-0.2, -0.15) is 0 Å². The van der Waals surface area contributed by atoms with Gasteiger partial charge in [0.1, 0.15) is 5.82 Å². The van der Waals surface area contributed by atoms with Crippen molar-refractivity contribution in [3.05, 3.63) is 30.6 Å². The lowest BCUT2D eigenvalue weighted by atomic mass is 10.3. The van der Waals surface area contributed by atoms with Crippen molar-refractivity contribution in [1.29, 1.82) is 0 Å². The lowest BCUT2D eigenvalue weighted by molar-refractivity contribution is 0.568. The molecule has 0 fully saturated rings.